The van der Waals surface area contributed by atoms with Gasteiger partial charge >= 0.3 is 0 Å². The molecule has 1 heterocycles. The second kappa shape index (κ2) is 9.89. The van der Waals surface area contributed by atoms with Crippen LogP contribution >= 0.6 is 23.1 Å². The molecule has 29 heavy (non-hydrogen) atoms. The van der Waals surface area contributed by atoms with Gasteiger partial charge in [-0.25, -0.2) is 10.4 Å². The second-order valence-electron chi connectivity index (χ2n) is 5.69. The van der Waals surface area contributed by atoms with Gasteiger partial charge in [-0.05, 0) is 35.9 Å². The lowest BCUT2D eigenvalue weighted by Crippen LogP contribution is -2.20. The SMILES string of the molecule is COc1cc(/C=N/NC(=O)CSc2nc3ccccc3s2)ccc1OCC(N)=O. The molecule has 10 heteroatoms. The largest absolute Gasteiger partial charge is 0.493 e. The van der Waals surface area contributed by atoms with E-state index in [0.717, 1.165) is 14.6 Å². The van der Waals surface area contributed by atoms with E-state index in [-0.39, 0.29) is 18.3 Å². The molecule has 1 aromatic heterocycles. The molecule has 2 aromatic carbocycles. The standard InChI is InChI=1S/C19H18N4O4S2/c1-26-15-8-12(6-7-14(15)27-10-17(20)24)9-21-23-18(25)11-28-19-22-13-4-2-3-5-16(13)29-19/h2-9H,10-11H2,1H3,(H2,20,24)(H,23,25)/b21-9+. The summed E-state index contributed by atoms with van der Waals surface area (Å²) in [4.78, 5) is 27.3. The summed E-state index contributed by atoms with van der Waals surface area (Å²) < 4.78 is 12.4. The molecule has 0 radical (unpaired) electrons. The number of fused-ring (bicyclic) bond motifs is 1. The fourth-order valence-electron chi connectivity index (χ4n) is 2.28. The van der Waals surface area contributed by atoms with Crippen LogP contribution in [-0.2, 0) is 9.59 Å². The summed E-state index contributed by atoms with van der Waals surface area (Å²) in [7, 11) is 1.48. The van der Waals surface area contributed by atoms with Gasteiger partial charge < -0.3 is 15.2 Å². The van der Waals surface area contributed by atoms with E-state index in [1.807, 2.05) is 24.3 Å². The lowest BCUT2D eigenvalue weighted by Gasteiger charge is -2.09. The Morgan fingerprint density at radius 1 is 1.28 bits per heavy atom. The van der Waals surface area contributed by atoms with Crippen molar-refractivity contribution in [2.75, 3.05) is 19.5 Å². The number of rotatable bonds is 9. The first-order valence-corrected chi connectivity index (χ1v) is 10.2. The maximum absolute atomic E-state index is 12.0. The highest BCUT2D eigenvalue weighted by Gasteiger charge is 2.08. The van der Waals surface area contributed by atoms with Gasteiger partial charge in [0.1, 0.15) is 0 Å². The smallest absolute Gasteiger partial charge is 0.255 e. The minimum atomic E-state index is -0.580. The number of carbonyl (C=O) groups excluding carboxylic acids is 2. The highest BCUT2D eigenvalue weighted by molar-refractivity contribution is 8.01. The predicted octanol–water partition coefficient (Wildman–Crippen LogP) is 2.41. The van der Waals surface area contributed by atoms with E-state index in [1.165, 1.54) is 25.1 Å². The predicted molar refractivity (Wildman–Crippen MR) is 114 cm³/mol. The van der Waals surface area contributed by atoms with Crippen LogP contribution in [0.2, 0.25) is 0 Å². The van der Waals surface area contributed by atoms with E-state index < -0.39 is 5.91 Å². The Bertz CT molecular complexity index is 1020. The van der Waals surface area contributed by atoms with Crippen LogP contribution in [0, 0.1) is 0 Å². The molecule has 0 bridgehead atoms. The summed E-state index contributed by atoms with van der Waals surface area (Å²) >= 11 is 2.91. The molecule has 2 amide bonds. The molecule has 0 aliphatic heterocycles. The van der Waals surface area contributed by atoms with Gasteiger partial charge in [0.15, 0.2) is 22.4 Å². The molecule has 3 aromatic rings. The van der Waals surface area contributed by atoms with Crippen molar-refractivity contribution in [3.05, 3.63) is 48.0 Å². The third-order valence-electron chi connectivity index (χ3n) is 3.56. The number of para-hydroxylation sites is 1. The second-order valence-corrected chi connectivity index (χ2v) is 7.95. The summed E-state index contributed by atoms with van der Waals surface area (Å²) in [5.74, 6) is 0.205. The number of nitrogens with two attached hydrogens (primary N) is 1. The Labute approximate surface area is 175 Å². The van der Waals surface area contributed by atoms with Crippen LogP contribution in [0.4, 0.5) is 0 Å². The first-order valence-electron chi connectivity index (χ1n) is 8.44. The number of methoxy groups -OCH3 is 1. The molecule has 0 saturated heterocycles. The topological polar surface area (TPSA) is 116 Å². The van der Waals surface area contributed by atoms with E-state index in [4.69, 9.17) is 15.2 Å². The normalized spacial score (nSPS) is 10.9. The zero-order valence-electron chi connectivity index (χ0n) is 15.5. The van der Waals surface area contributed by atoms with Gasteiger partial charge in [0, 0.05) is 0 Å². The molecule has 0 fully saturated rings. The summed E-state index contributed by atoms with van der Waals surface area (Å²) in [5, 5.41) is 3.95. The number of aromatic nitrogens is 1. The van der Waals surface area contributed by atoms with Gasteiger partial charge in [-0.15, -0.1) is 11.3 Å². The molecule has 0 atom stereocenters. The minimum Gasteiger partial charge on any atom is -0.493 e. The highest BCUT2D eigenvalue weighted by atomic mass is 32.2. The van der Waals surface area contributed by atoms with Crippen LogP contribution < -0.4 is 20.6 Å². The molecule has 0 aliphatic carbocycles. The monoisotopic (exact) mass is 430 g/mol. The summed E-state index contributed by atoms with van der Waals surface area (Å²) in [6, 6.07) is 12.9. The van der Waals surface area contributed by atoms with Crippen LogP contribution in [0.1, 0.15) is 5.56 Å². The number of carbonyl (C=O) groups is 2. The lowest BCUT2D eigenvalue weighted by molar-refractivity contribution is -0.120. The summed E-state index contributed by atoms with van der Waals surface area (Å²) in [5.41, 5.74) is 9.16. The number of nitrogens with one attached hydrogen (secondary N) is 1. The zero-order chi connectivity index (χ0) is 20.6. The van der Waals surface area contributed by atoms with Crippen LogP contribution in [0.15, 0.2) is 51.9 Å². The summed E-state index contributed by atoms with van der Waals surface area (Å²) in [6.45, 7) is -0.244. The average Bonchev–Trinajstić information content (AvgIpc) is 3.14. The molecule has 8 nitrogen and oxygen atoms in total. The van der Waals surface area contributed by atoms with Crippen molar-refractivity contribution >= 4 is 51.3 Å². The van der Waals surface area contributed by atoms with E-state index in [2.05, 4.69) is 15.5 Å². The third kappa shape index (κ3) is 5.93. The molecule has 3 rings (SSSR count). The van der Waals surface area contributed by atoms with Gasteiger partial charge in [0.2, 0.25) is 0 Å². The number of thioether (sulfide) groups is 1. The molecule has 0 unspecified atom stereocenters. The van der Waals surface area contributed by atoms with Crippen molar-refractivity contribution < 1.29 is 19.1 Å². The molecule has 3 N–H and O–H groups in total. The molecule has 0 saturated carbocycles. The number of thiazole rings is 1. The van der Waals surface area contributed by atoms with Crippen molar-refractivity contribution in [1.29, 1.82) is 0 Å². The molecular formula is C19H18N4O4S2. The quantitative estimate of drug-likeness (QED) is 0.306. The fraction of sp³-hybridized carbons (Fsp3) is 0.158. The Morgan fingerprint density at radius 2 is 2.10 bits per heavy atom. The number of hydrogen-bond acceptors (Lipinski definition) is 8. The Kier molecular flexibility index (Phi) is 7.04. The fourth-order valence-corrected chi connectivity index (χ4v) is 4.14. The van der Waals surface area contributed by atoms with Crippen molar-refractivity contribution in [3.8, 4) is 11.5 Å². The van der Waals surface area contributed by atoms with Gasteiger partial charge in [0.05, 0.1) is 29.3 Å². The van der Waals surface area contributed by atoms with E-state index in [0.29, 0.717) is 17.1 Å². The number of nitrogens with zero attached hydrogens (tertiary/aromatic N) is 2. The van der Waals surface area contributed by atoms with Gasteiger partial charge in [-0.1, -0.05) is 23.9 Å². The van der Waals surface area contributed by atoms with Crippen molar-refractivity contribution in [2.24, 2.45) is 10.8 Å². The van der Waals surface area contributed by atoms with Gasteiger partial charge in [-0.2, -0.15) is 5.10 Å². The summed E-state index contributed by atoms with van der Waals surface area (Å²) in [6.07, 6.45) is 1.49. The minimum absolute atomic E-state index is 0.209. The van der Waals surface area contributed by atoms with Crippen molar-refractivity contribution in [3.63, 3.8) is 0 Å². The third-order valence-corrected chi connectivity index (χ3v) is 5.74. The number of amides is 2. The number of hydrazone groups is 1. The lowest BCUT2D eigenvalue weighted by atomic mass is 10.2. The molecular weight excluding hydrogens is 412 g/mol. The highest BCUT2D eigenvalue weighted by Crippen LogP contribution is 2.29. The van der Waals surface area contributed by atoms with Crippen molar-refractivity contribution in [2.45, 2.75) is 4.34 Å². The average molecular weight is 431 g/mol. The molecule has 0 aliphatic rings. The number of primary amides is 1. The zero-order valence-corrected chi connectivity index (χ0v) is 17.1. The van der Waals surface area contributed by atoms with E-state index in [1.54, 1.807) is 29.5 Å². The van der Waals surface area contributed by atoms with Crippen LogP contribution in [0.5, 0.6) is 11.5 Å². The van der Waals surface area contributed by atoms with Crippen LogP contribution in [0.25, 0.3) is 10.2 Å². The number of ether oxygens (including phenoxy) is 2. The first-order chi connectivity index (χ1) is 14.0. The maximum atomic E-state index is 12.0. The van der Waals surface area contributed by atoms with E-state index >= 15 is 0 Å². The molecule has 150 valence electrons. The Hall–Kier alpha value is -3.11. The van der Waals surface area contributed by atoms with Gasteiger partial charge in [0.25, 0.3) is 11.8 Å². The van der Waals surface area contributed by atoms with Crippen LogP contribution in [-0.4, -0.2) is 42.5 Å². The van der Waals surface area contributed by atoms with Gasteiger partial charge in [-0.3, -0.25) is 9.59 Å². The number of benzene rings is 2. The van der Waals surface area contributed by atoms with Crippen LogP contribution in [0.3, 0.4) is 0 Å². The maximum Gasteiger partial charge on any atom is 0.255 e. The Balaban J connectivity index is 1.51. The Morgan fingerprint density at radius 3 is 2.86 bits per heavy atom. The number of hydrogen-bond donors (Lipinski definition) is 2. The van der Waals surface area contributed by atoms with E-state index in [9.17, 15) is 9.59 Å². The first kappa shape index (κ1) is 20.6. The van der Waals surface area contributed by atoms with Crippen molar-refractivity contribution in [1.82, 2.24) is 10.4 Å². The molecule has 0 spiro atoms.